The Morgan fingerprint density at radius 1 is 1.11 bits per heavy atom. The van der Waals surface area contributed by atoms with Crippen molar-refractivity contribution in [2.75, 3.05) is 13.2 Å². The molecule has 5 nitrogen and oxygen atoms in total. The fraction of sp³-hybridized carbons (Fsp3) is 0.435. The summed E-state index contributed by atoms with van der Waals surface area (Å²) in [6.45, 7) is 4.19. The van der Waals surface area contributed by atoms with Crippen LogP contribution in [-0.2, 0) is 9.47 Å². The molecular formula is C23H25NO4. The lowest BCUT2D eigenvalue weighted by Gasteiger charge is -2.46. The zero-order chi connectivity index (χ0) is 19.6. The Hall–Kier alpha value is -2.37. The molecule has 2 aromatic rings. The SMILES string of the molecule is CC1(C)OC2(CO)CC1(NC(=O)OCC1c3ccccc3-c3ccccc31)C2. The molecule has 0 unspecified atom stereocenters. The van der Waals surface area contributed by atoms with Gasteiger partial charge in [-0.05, 0) is 36.1 Å². The third-order valence-corrected chi connectivity index (χ3v) is 6.85. The highest BCUT2D eigenvalue weighted by molar-refractivity contribution is 5.79. The Bertz CT molecular complexity index is 900. The third-order valence-electron chi connectivity index (χ3n) is 6.85. The summed E-state index contributed by atoms with van der Waals surface area (Å²) >= 11 is 0. The second-order valence-corrected chi connectivity index (χ2v) is 8.84. The van der Waals surface area contributed by atoms with Crippen LogP contribution < -0.4 is 5.32 Å². The summed E-state index contributed by atoms with van der Waals surface area (Å²) in [6.07, 6.45) is 0.813. The van der Waals surface area contributed by atoms with Crippen molar-refractivity contribution in [3.8, 4) is 11.1 Å². The molecule has 6 rings (SSSR count). The number of hydrogen-bond donors (Lipinski definition) is 2. The minimum atomic E-state index is -0.526. The first-order chi connectivity index (χ1) is 13.4. The van der Waals surface area contributed by atoms with E-state index in [1.165, 1.54) is 22.3 Å². The van der Waals surface area contributed by atoms with Crippen LogP contribution in [0.15, 0.2) is 48.5 Å². The second kappa shape index (κ2) is 5.82. The second-order valence-electron chi connectivity index (χ2n) is 8.84. The predicted octanol–water partition coefficient (Wildman–Crippen LogP) is 3.60. The van der Waals surface area contributed by atoms with Crippen LogP contribution in [0.2, 0.25) is 0 Å². The highest BCUT2D eigenvalue weighted by Gasteiger charge is 2.72. The largest absolute Gasteiger partial charge is 0.449 e. The molecule has 2 aliphatic carbocycles. The van der Waals surface area contributed by atoms with E-state index in [9.17, 15) is 9.90 Å². The normalized spacial score (nSPS) is 29.0. The third kappa shape index (κ3) is 2.36. The van der Waals surface area contributed by atoms with E-state index in [1.807, 2.05) is 38.1 Å². The summed E-state index contributed by atoms with van der Waals surface area (Å²) in [4.78, 5) is 12.6. The number of benzene rings is 2. The summed E-state index contributed by atoms with van der Waals surface area (Å²) in [7, 11) is 0. The molecule has 2 bridgehead atoms. The fourth-order valence-electron chi connectivity index (χ4n) is 5.40. The molecule has 1 amide bonds. The predicted molar refractivity (Wildman–Crippen MR) is 105 cm³/mol. The molecule has 2 heterocycles. The Balaban J connectivity index is 1.31. The van der Waals surface area contributed by atoms with E-state index >= 15 is 0 Å². The smallest absolute Gasteiger partial charge is 0.407 e. The molecule has 2 N–H and O–H groups in total. The zero-order valence-corrected chi connectivity index (χ0v) is 16.2. The van der Waals surface area contributed by atoms with E-state index in [1.54, 1.807) is 0 Å². The van der Waals surface area contributed by atoms with Gasteiger partial charge in [0, 0.05) is 18.8 Å². The van der Waals surface area contributed by atoms with E-state index in [0.29, 0.717) is 19.4 Å². The van der Waals surface area contributed by atoms with Crippen LogP contribution in [0.1, 0.15) is 43.7 Å². The number of rotatable bonds is 4. The van der Waals surface area contributed by atoms with Crippen LogP contribution in [0, 0.1) is 0 Å². The highest BCUT2D eigenvalue weighted by atomic mass is 16.6. The van der Waals surface area contributed by atoms with Crippen LogP contribution in [0.25, 0.3) is 11.1 Å². The van der Waals surface area contributed by atoms with E-state index in [-0.39, 0.29) is 12.5 Å². The molecule has 2 saturated heterocycles. The molecule has 28 heavy (non-hydrogen) atoms. The average molecular weight is 379 g/mol. The average Bonchev–Trinajstić information content (AvgIpc) is 3.17. The van der Waals surface area contributed by atoms with E-state index in [0.717, 1.165) is 0 Å². The van der Waals surface area contributed by atoms with Crippen LogP contribution >= 0.6 is 0 Å². The van der Waals surface area contributed by atoms with Crippen molar-refractivity contribution in [3.63, 3.8) is 0 Å². The lowest BCUT2D eigenvalue weighted by Crippen LogP contribution is -2.65. The minimum Gasteiger partial charge on any atom is -0.449 e. The van der Waals surface area contributed by atoms with Crippen molar-refractivity contribution in [2.45, 2.75) is 49.3 Å². The summed E-state index contributed by atoms with van der Waals surface area (Å²) in [5.41, 5.74) is 3.30. The number of fused-ring (bicyclic) bond motifs is 4. The van der Waals surface area contributed by atoms with Gasteiger partial charge in [0.05, 0.1) is 23.3 Å². The molecule has 0 aromatic heterocycles. The molecule has 5 heteroatoms. The van der Waals surface area contributed by atoms with Crippen molar-refractivity contribution >= 4 is 6.09 Å². The van der Waals surface area contributed by atoms with Gasteiger partial charge in [0.25, 0.3) is 0 Å². The first-order valence-corrected chi connectivity index (χ1v) is 9.83. The molecule has 0 atom stereocenters. The van der Waals surface area contributed by atoms with Crippen LogP contribution in [0.5, 0.6) is 0 Å². The fourth-order valence-corrected chi connectivity index (χ4v) is 5.40. The Morgan fingerprint density at radius 2 is 1.68 bits per heavy atom. The Kier molecular flexibility index (Phi) is 3.68. The minimum absolute atomic E-state index is 0.0233. The zero-order valence-electron chi connectivity index (χ0n) is 16.2. The number of aliphatic hydroxyl groups is 1. The van der Waals surface area contributed by atoms with Crippen molar-refractivity contribution in [3.05, 3.63) is 59.7 Å². The molecule has 0 radical (unpaired) electrons. The lowest BCUT2D eigenvalue weighted by molar-refractivity contribution is -0.0851. The van der Waals surface area contributed by atoms with Gasteiger partial charge in [-0.3, -0.25) is 0 Å². The summed E-state index contributed by atoms with van der Waals surface area (Å²) in [6, 6.07) is 16.6. The first kappa shape index (κ1) is 17.7. The summed E-state index contributed by atoms with van der Waals surface area (Å²) < 4.78 is 11.7. The standard InChI is InChI=1S/C23H25NO4/c1-21(2)23(12-22(13-23,14-25)28-21)24-20(26)27-11-19-17-9-5-3-7-15(17)16-8-4-6-10-18(16)19/h3-10,19,25H,11-14H2,1-2H3,(H,24,26). The van der Waals surface area contributed by atoms with Crippen LogP contribution in [0.3, 0.4) is 0 Å². The topological polar surface area (TPSA) is 67.8 Å². The number of nitrogens with one attached hydrogen (secondary N) is 1. The number of alkyl carbamates (subject to hydrolysis) is 1. The number of aliphatic hydroxyl groups excluding tert-OH is 1. The van der Waals surface area contributed by atoms with Gasteiger partial charge >= 0.3 is 6.09 Å². The highest BCUT2D eigenvalue weighted by Crippen LogP contribution is 2.60. The van der Waals surface area contributed by atoms with Gasteiger partial charge in [0.1, 0.15) is 6.61 Å². The van der Waals surface area contributed by atoms with E-state index < -0.39 is 22.8 Å². The van der Waals surface area contributed by atoms with Gasteiger partial charge in [0.15, 0.2) is 0 Å². The molecule has 0 spiro atoms. The molecule has 4 aliphatic rings. The maximum Gasteiger partial charge on any atom is 0.407 e. The van der Waals surface area contributed by atoms with Crippen molar-refractivity contribution < 1.29 is 19.4 Å². The van der Waals surface area contributed by atoms with Crippen molar-refractivity contribution in [2.24, 2.45) is 0 Å². The lowest BCUT2D eigenvalue weighted by atomic mass is 9.63. The Morgan fingerprint density at radius 3 is 2.21 bits per heavy atom. The molecule has 3 fully saturated rings. The maximum atomic E-state index is 12.6. The molecule has 1 saturated carbocycles. The van der Waals surface area contributed by atoms with Crippen molar-refractivity contribution in [1.82, 2.24) is 5.32 Å². The van der Waals surface area contributed by atoms with Gasteiger partial charge in [-0.2, -0.15) is 0 Å². The number of amides is 1. The number of ether oxygens (including phenoxy) is 2. The summed E-state index contributed by atoms with van der Waals surface area (Å²) in [5.74, 6) is 0.0430. The van der Waals surface area contributed by atoms with Gasteiger partial charge in [-0.15, -0.1) is 0 Å². The molecule has 2 aromatic carbocycles. The monoisotopic (exact) mass is 379 g/mol. The first-order valence-electron chi connectivity index (χ1n) is 9.83. The van der Waals surface area contributed by atoms with Gasteiger partial charge < -0.3 is 19.9 Å². The summed E-state index contributed by atoms with van der Waals surface area (Å²) in [5, 5.41) is 12.7. The van der Waals surface area contributed by atoms with Gasteiger partial charge in [0.2, 0.25) is 0 Å². The van der Waals surface area contributed by atoms with E-state index in [4.69, 9.17) is 9.47 Å². The maximum absolute atomic E-state index is 12.6. The molecular weight excluding hydrogens is 354 g/mol. The van der Waals surface area contributed by atoms with E-state index in [2.05, 4.69) is 29.6 Å². The molecule has 2 aliphatic heterocycles. The Labute approximate surface area is 164 Å². The number of carbonyl (C=O) groups is 1. The van der Waals surface area contributed by atoms with Crippen LogP contribution in [0.4, 0.5) is 4.79 Å². The molecule has 146 valence electrons. The van der Waals surface area contributed by atoms with Crippen LogP contribution in [-0.4, -0.2) is 41.2 Å². The quantitative estimate of drug-likeness (QED) is 0.852. The van der Waals surface area contributed by atoms with Crippen molar-refractivity contribution in [1.29, 1.82) is 0 Å². The van der Waals surface area contributed by atoms with Gasteiger partial charge in [-0.25, -0.2) is 4.79 Å². The van der Waals surface area contributed by atoms with Gasteiger partial charge in [-0.1, -0.05) is 48.5 Å². The number of hydrogen-bond acceptors (Lipinski definition) is 4. The number of carbonyl (C=O) groups excluding carboxylic acids is 1.